The molecule has 0 radical (unpaired) electrons. The number of thiophene rings is 1. The molecule has 0 saturated carbocycles. The largest absolute Gasteiger partial charge is 0.317 e. The average Bonchev–Trinajstić information content (AvgIpc) is 3.45. The Morgan fingerprint density at radius 1 is 1.14 bits per heavy atom. The highest BCUT2D eigenvalue weighted by Crippen LogP contribution is 2.38. The second kappa shape index (κ2) is 10.8. The zero-order valence-electron chi connectivity index (χ0n) is 18.8. The molecule has 0 saturated heterocycles. The average molecular weight is 565 g/mol. The lowest BCUT2D eigenvalue weighted by atomic mass is 9.96. The Kier molecular flexibility index (Phi) is 7.32. The molecule has 1 aliphatic rings. The maximum atomic E-state index is 12.7. The van der Waals surface area contributed by atoms with Gasteiger partial charge in [-0.2, -0.15) is 5.26 Å². The Hall–Kier alpha value is -2.93. The van der Waals surface area contributed by atoms with Gasteiger partial charge in [0.05, 0.1) is 5.56 Å². The van der Waals surface area contributed by atoms with Gasteiger partial charge in [-0.25, -0.2) is 0 Å². The Bertz CT molecular complexity index is 1410. The van der Waals surface area contributed by atoms with E-state index in [9.17, 15) is 10.1 Å². The second-order valence-corrected chi connectivity index (χ2v) is 11.2. The predicted octanol–water partition coefficient (Wildman–Crippen LogP) is 6.63. The lowest BCUT2D eigenvalue weighted by Gasteiger charge is -2.10. The van der Waals surface area contributed by atoms with E-state index in [0.29, 0.717) is 22.7 Å². The molecular formula is C26H22BrN5OS2. The summed E-state index contributed by atoms with van der Waals surface area (Å²) in [6, 6.07) is 20.2. The molecule has 0 spiro atoms. The van der Waals surface area contributed by atoms with Crippen LogP contribution in [0.5, 0.6) is 0 Å². The summed E-state index contributed by atoms with van der Waals surface area (Å²) in [4.78, 5) is 14.0. The van der Waals surface area contributed by atoms with Crippen molar-refractivity contribution < 1.29 is 4.79 Å². The zero-order valence-corrected chi connectivity index (χ0v) is 22.0. The molecule has 2 aromatic carbocycles. The number of benzene rings is 2. The fraction of sp³-hybridized carbons (Fsp3) is 0.231. The summed E-state index contributed by atoms with van der Waals surface area (Å²) in [5.41, 5.74) is 3.69. The van der Waals surface area contributed by atoms with Crippen LogP contribution in [0.3, 0.4) is 0 Å². The van der Waals surface area contributed by atoms with Gasteiger partial charge in [0.15, 0.2) is 11.0 Å². The molecule has 0 unspecified atom stereocenters. The van der Waals surface area contributed by atoms with E-state index in [4.69, 9.17) is 0 Å². The number of aryl methyl sites for hydroxylation is 1. The fourth-order valence-electron chi connectivity index (χ4n) is 4.18. The van der Waals surface area contributed by atoms with Crippen LogP contribution in [0, 0.1) is 11.3 Å². The first kappa shape index (κ1) is 23.8. The molecule has 176 valence electrons. The highest BCUT2D eigenvalue weighted by molar-refractivity contribution is 9.10. The molecule has 0 atom stereocenters. The zero-order chi connectivity index (χ0) is 24.2. The van der Waals surface area contributed by atoms with Gasteiger partial charge in [0.25, 0.3) is 0 Å². The molecule has 1 aliphatic carbocycles. The van der Waals surface area contributed by atoms with Crippen LogP contribution in [0.1, 0.15) is 35.3 Å². The van der Waals surface area contributed by atoms with E-state index in [1.54, 1.807) is 11.3 Å². The standard InChI is InChI=1S/C26H22BrN5OS2/c27-18-8-6-7-17(15-18)24-30-31-26(32(24)19-9-2-1-3-10-19)34-14-13-23(33)29-25-21(16-28)20-11-4-5-12-22(20)35-25/h1-3,6-10,15H,4-5,11-14H2,(H,29,33). The number of hydrogen-bond donors (Lipinski definition) is 1. The van der Waals surface area contributed by atoms with Gasteiger partial charge in [-0.05, 0) is 55.5 Å². The van der Waals surface area contributed by atoms with Gasteiger partial charge in [0.1, 0.15) is 11.1 Å². The van der Waals surface area contributed by atoms with Crippen molar-refractivity contribution in [1.82, 2.24) is 14.8 Å². The monoisotopic (exact) mass is 563 g/mol. The van der Waals surface area contributed by atoms with Crippen LogP contribution >= 0.6 is 39.0 Å². The number of nitriles is 1. The topological polar surface area (TPSA) is 83.6 Å². The molecule has 2 aromatic heterocycles. The normalized spacial score (nSPS) is 12.7. The number of fused-ring (bicyclic) bond motifs is 1. The molecular weight excluding hydrogens is 542 g/mol. The summed E-state index contributed by atoms with van der Waals surface area (Å²) in [5, 5.41) is 22.9. The molecule has 9 heteroatoms. The van der Waals surface area contributed by atoms with Crippen molar-refractivity contribution in [1.29, 1.82) is 5.26 Å². The first-order chi connectivity index (χ1) is 17.1. The molecule has 5 rings (SSSR count). The van der Waals surface area contributed by atoms with Gasteiger partial charge in [-0.3, -0.25) is 9.36 Å². The van der Waals surface area contributed by atoms with Gasteiger partial charge in [0.2, 0.25) is 5.91 Å². The molecule has 1 N–H and O–H groups in total. The number of thioether (sulfide) groups is 1. The summed E-state index contributed by atoms with van der Waals surface area (Å²) in [7, 11) is 0. The highest BCUT2D eigenvalue weighted by Gasteiger charge is 2.22. The second-order valence-electron chi connectivity index (χ2n) is 8.16. The Morgan fingerprint density at radius 3 is 2.77 bits per heavy atom. The number of halogens is 1. The van der Waals surface area contributed by atoms with Crippen LogP contribution in [-0.2, 0) is 17.6 Å². The maximum Gasteiger partial charge on any atom is 0.225 e. The number of aromatic nitrogens is 3. The van der Waals surface area contributed by atoms with E-state index >= 15 is 0 Å². The predicted molar refractivity (Wildman–Crippen MR) is 144 cm³/mol. The fourth-order valence-corrected chi connectivity index (χ4v) is 6.73. The number of rotatable bonds is 7. The quantitative estimate of drug-likeness (QED) is 0.255. The van der Waals surface area contributed by atoms with Crippen LogP contribution in [0.15, 0.2) is 64.2 Å². The van der Waals surface area contributed by atoms with Crippen LogP contribution in [0.25, 0.3) is 17.1 Å². The molecule has 0 aliphatic heterocycles. The first-order valence-electron chi connectivity index (χ1n) is 11.4. The van der Waals surface area contributed by atoms with E-state index in [2.05, 4.69) is 37.5 Å². The molecule has 1 amide bonds. The van der Waals surface area contributed by atoms with Gasteiger partial charge < -0.3 is 5.32 Å². The van der Waals surface area contributed by atoms with Gasteiger partial charge >= 0.3 is 0 Å². The Labute approximate surface area is 220 Å². The van der Waals surface area contributed by atoms with Crippen molar-refractivity contribution in [3.63, 3.8) is 0 Å². The van der Waals surface area contributed by atoms with Crippen molar-refractivity contribution in [3.05, 3.63) is 75.1 Å². The minimum Gasteiger partial charge on any atom is -0.317 e. The van der Waals surface area contributed by atoms with Gasteiger partial charge in [-0.1, -0.05) is 58.0 Å². The molecule has 0 fully saturated rings. The van der Waals surface area contributed by atoms with Crippen LogP contribution in [0.4, 0.5) is 5.00 Å². The number of carbonyl (C=O) groups is 1. The summed E-state index contributed by atoms with van der Waals surface area (Å²) in [6.07, 6.45) is 4.48. The summed E-state index contributed by atoms with van der Waals surface area (Å²) < 4.78 is 2.99. The van der Waals surface area contributed by atoms with E-state index in [1.165, 1.54) is 16.6 Å². The van der Waals surface area contributed by atoms with Gasteiger partial charge in [0, 0.05) is 32.8 Å². The highest BCUT2D eigenvalue weighted by atomic mass is 79.9. The Balaban J connectivity index is 1.31. The molecule has 0 bridgehead atoms. The molecule has 35 heavy (non-hydrogen) atoms. The maximum absolute atomic E-state index is 12.7. The van der Waals surface area contributed by atoms with E-state index in [1.807, 2.05) is 59.2 Å². The number of para-hydroxylation sites is 1. The minimum absolute atomic E-state index is 0.0920. The van der Waals surface area contributed by atoms with Crippen molar-refractivity contribution in [2.45, 2.75) is 37.3 Å². The third-order valence-corrected chi connectivity index (χ3v) is 8.46. The number of hydrogen-bond acceptors (Lipinski definition) is 6. The summed E-state index contributed by atoms with van der Waals surface area (Å²) in [6.45, 7) is 0. The smallest absolute Gasteiger partial charge is 0.225 e. The number of amides is 1. The number of nitrogens with one attached hydrogen (secondary N) is 1. The van der Waals surface area contributed by atoms with Crippen LogP contribution in [0.2, 0.25) is 0 Å². The van der Waals surface area contributed by atoms with E-state index < -0.39 is 0 Å². The third kappa shape index (κ3) is 5.20. The van der Waals surface area contributed by atoms with Crippen molar-refractivity contribution in [3.8, 4) is 23.1 Å². The summed E-state index contributed by atoms with van der Waals surface area (Å²) >= 11 is 6.58. The lowest BCUT2D eigenvalue weighted by Crippen LogP contribution is -2.12. The van der Waals surface area contributed by atoms with E-state index in [0.717, 1.165) is 58.0 Å². The molecule has 6 nitrogen and oxygen atoms in total. The van der Waals surface area contributed by atoms with Crippen LogP contribution < -0.4 is 5.32 Å². The first-order valence-corrected chi connectivity index (χ1v) is 14.0. The number of carbonyl (C=O) groups excluding carboxylic acids is 1. The van der Waals surface area contributed by atoms with Crippen molar-refractivity contribution in [2.75, 3.05) is 11.1 Å². The summed E-state index contributed by atoms with van der Waals surface area (Å²) in [5.74, 6) is 1.19. The lowest BCUT2D eigenvalue weighted by molar-refractivity contribution is -0.115. The van der Waals surface area contributed by atoms with Crippen molar-refractivity contribution in [2.24, 2.45) is 0 Å². The van der Waals surface area contributed by atoms with Crippen molar-refractivity contribution >= 4 is 49.9 Å². The third-order valence-electron chi connectivity index (χ3n) is 5.83. The Morgan fingerprint density at radius 2 is 1.97 bits per heavy atom. The molecule has 4 aromatic rings. The number of anilines is 1. The molecule has 2 heterocycles. The van der Waals surface area contributed by atoms with Gasteiger partial charge in [-0.15, -0.1) is 21.5 Å². The number of nitrogens with zero attached hydrogens (tertiary/aromatic N) is 4. The minimum atomic E-state index is -0.0920. The van der Waals surface area contributed by atoms with Crippen LogP contribution in [-0.4, -0.2) is 26.4 Å². The van der Waals surface area contributed by atoms with E-state index in [-0.39, 0.29) is 5.91 Å². The SMILES string of the molecule is N#Cc1c(NC(=O)CCSc2nnc(-c3cccc(Br)c3)n2-c2ccccc2)sc2c1CCCC2.